The lowest BCUT2D eigenvalue weighted by Crippen LogP contribution is -1.94. The normalized spacial score (nSPS) is 12.3. The summed E-state index contributed by atoms with van der Waals surface area (Å²) in [6.45, 7) is 0. The molecule has 20 aromatic carbocycles. The van der Waals surface area contributed by atoms with E-state index in [0.717, 1.165) is 0 Å². The average molecular weight is 1570 g/mol. The van der Waals surface area contributed by atoms with Crippen molar-refractivity contribution < 1.29 is 0 Å². The van der Waals surface area contributed by atoms with Gasteiger partial charge in [0, 0.05) is 110 Å². The van der Waals surface area contributed by atoms with E-state index in [2.05, 4.69) is 408 Å². The maximum atomic E-state index is 2.46. The molecule has 554 valence electrons. The highest BCUT2D eigenvalue weighted by molar-refractivity contribution is 7.26. The second-order valence-corrected chi connectivity index (χ2v) is 35.7. The van der Waals surface area contributed by atoms with Gasteiger partial charge in [-0.2, -0.15) is 0 Å². The van der Waals surface area contributed by atoms with Crippen molar-refractivity contribution in [2.24, 2.45) is 0 Å². The standard InChI is InChI=1S/2C40H23NS.C34H19NS/c1-3-16-36-29(12-1)34-23-39-35(30-13-2-4-17-38(30)42-39)22-37(34)41(36)27-11-5-10-25(20-27)26-18-19-28-31-14-6-8-24-9-7-15-32(40(24)31)33(28)21-26;1-3-13-36-29(9-1)34-23-39-35(30-10-2-4-14-38(30)42-39)22-37(34)41(36)27-18-15-24(16-19-27)26-17-20-28-31-11-5-7-25-8-6-12-32(40(25)31)33(28)21-26;1-3-13-30-23(9-1)28-19-33-29(24-10-2-4-14-32(24)36-33)18-31(28)35(30)21-15-16-22-25-11-5-7-20-8-6-12-26(34(20)25)27(22)17-21/h2*1-23H;1-19H. The van der Waals surface area contributed by atoms with E-state index in [4.69, 9.17) is 0 Å². The fourth-order valence-corrected chi connectivity index (χ4v) is 24.3. The van der Waals surface area contributed by atoms with Crippen LogP contribution >= 0.6 is 34.0 Å². The Morgan fingerprint density at radius 3 is 0.850 bits per heavy atom. The highest BCUT2D eigenvalue weighted by atomic mass is 32.1. The number of nitrogens with zero attached hydrogens (tertiary/aromatic N) is 3. The largest absolute Gasteiger partial charge is 0.309 e. The van der Waals surface area contributed by atoms with Crippen LogP contribution in [0.3, 0.4) is 0 Å². The van der Waals surface area contributed by atoms with Crippen LogP contribution in [0, 0.1) is 0 Å². The molecule has 0 spiro atoms. The zero-order valence-corrected chi connectivity index (χ0v) is 67.0. The van der Waals surface area contributed by atoms with Gasteiger partial charge in [-0.25, -0.2) is 0 Å². The maximum Gasteiger partial charge on any atom is 0.0548 e. The molecule has 0 saturated carbocycles. The molecule has 0 radical (unpaired) electrons. The molecule has 0 N–H and O–H groups in total. The third-order valence-corrected chi connectivity index (χ3v) is 29.6. The lowest BCUT2D eigenvalue weighted by Gasteiger charge is -2.12. The lowest BCUT2D eigenvalue weighted by molar-refractivity contribution is 1.18. The minimum Gasteiger partial charge on any atom is -0.309 e. The number of para-hydroxylation sites is 3. The number of fused-ring (bicyclic) bond motifs is 27. The van der Waals surface area contributed by atoms with E-state index in [0.29, 0.717) is 0 Å². The first-order valence-corrected chi connectivity index (χ1v) is 43.7. The number of aromatic nitrogens is 3. The van der Waals surface area contributed by atoms with E-state index in [1.165, 1.54) is 264 Å². The van der Waals surface area contributed by atoms with Crippen molar-refractivity contribution in [3.63, 3.8) is 0 Å². The molecule has 0 bridgehead atoms. The monoisotopic (exact) mass is 1570 g/mol. The Morgan fingerprint density at radius 1 is 0.142 bits per heavy atom. The molecule has 0 fully saturated rings. The van der Waals surface area contributed by atoms with Crippen LogP contribution in [-0.2, 0) is 0 Å². The number of benzene rings is 20. The minimum absolute atomic E-state index is 1.18. The van der Waals surface area contributed by atoms with Crippen molar-refractivity contribution in [3.8, 4) is 106 Å². The Kier molecular flexibility index (Phi) is 14.0. The molecule has 0 amide bonds. The Labute approximate surface area is 700 Å². The zero-order valence-electron chi connectivity index (χ0n) is 64.6. The van der Waals surface area contributed by atoms with Gasteiger partial charge in [-0.05, 0) is 243 Å². The molecule has 3 aliphatic carbocycles. The first-order chi connectivity index (χ1) is 59.5. The molecule has 6 aromatic heterocycles. The predicted molar refractivity (Wildman–Crippen MR) is 518 cm³/mol. The maximum absolute atomic E-state index is 2.46. The van der Waals surface area contributed by atoms with Crippen LogP contribution in [0.15, 0.2) is 394 Å². The first-order valence-electron chi connectivity index (χ1n) is 41.2. The Morgan fingerprint density at radius 2 is 0.442 bits per heavy atom. The SMILES string of the molecule is c1cc(-c2ccc3c(c2)-c2cccc4cccc-3c24)cc(-n2c3ccccc3c3cc4sc5ccccc5c4cc32)c1.c1cc2c3c(cccc3c1)-c1cc(-c3ccc(-n4c5ccccc5c5cc6sc7ccccc7c6cc54)cc3)ccc1-2.c1cc2c3c(cccc3c1)-c1cc(-n3c4ccccc4c4cc5sc6ccccc6c5cc43)ccc1-2. The average Bonchev–Trinajstić information content (AvgIpc) is 1.56. The van der Waals surface area contributed by atoms with Crippen molar-refractivity contribution in [3.05, 3.63) is 394 Å². The van der Waals surface area contributed by atoms with E-state index < -0.39 is 0 Å². The van der Waals surface area contributed by atoms with E-state index >= 15 is 0 Å². The summed E-state index contributed by atoms with van der Waals surface area (Å²) in [6.07, 6.45) is 0. The third kappa shape index (κ3) is 9.66. The smallest absolute Gasteiger partial charge is 0.0548 e. The van der Waals surface area contributed by atoms with Crippen molar-refractivity contribution in [1.29, 1.82) is 0 Å². The van der Waals surface area contributed by atoms with Gasteiger partial charge in [0.15, 0.2) is 0 Å². The van der Waals surface area contributed by atoms with E-state index in [-0.39, 0.29) is 0 Å². The molecular formula is C114H65N3S3. The predicted octanol–water partition coefficient (Wildman–Crippen LogP) is 33.2. The summed E-state index contributed by atoms with van der Waals surface area (Å²) in [5, 5.41) is 23.9. The molecule has 3 aliphatic rings. The lowest BCUT2D eigenvalue weighted by atomic mass is 9.97. The summed E-state index contributed by atoms with van der Waals surface area (Å²) in [5.74, 6) is 0. The van der Waals surface area contributed by atoms with Crippen LogP contribution in [0.5, 0.6) is 0 Å². The van der Waals surface area contributed by atoms with Gasteiger partial charge < -0.3 is 13.7 Å². The Hall–Kier alpha value is -14.8. The van der Waals surface area contributed by atoms with Crippen LogP contribution in [0.4, 0.5) is 0 Å². The number of hydrogen-bond acceptors (Lipinski definition) is 3. The quantitative estimate of drug-likeness (QED) is 0.163. The second kappa shape index (κ2) is 25.4. The summed E-state index contributed by atoms with van der Waals surface area (Å²) in [4.78, 5) is 0. The Bertz CT molecular complexity index is 8980. The van der Waals surface area contributed by atoms with E-state index in [1.807, 2.05) is 34.0 Å². The summed E-state index contributed by atoms with van der Waals surface area (Å²) in [6, 6.07) is 146. The molecule has 6 heterocycles. The molecule has 0 unspecified atom stereocenters. The van der Waals surface area contributed by atoms with Crippen LogP contribution < -0.4 is 0 Å². The van der Waals surface area contributed by atoms with Crippen molar-refractivity contribution in [1.82, 2.24) is 13.7 Å². The molecule has 26 aromatic rings. The summed E-state index contributed by atoms with van der Waals surface area (Å²) in [5.41, 5.74) is 32.1. The third-order valence-electron chi connectivity index (χ3n) is 26.2. The highest BCUT2D eigenvalue weighted by Gasteiger charge is 2.28. The molecule has 3 nitrogen and oxygen atoms in total. The van der Waals surface area contributed by atoms with Gasteiger partial charge in [-0.1, -0.05) is 273 Å². The van der Waals surface area contributed by atoms with Gasteiger partial charge in [0.1, 0.15) is 0 Å². The molecular weight excluding hydrogens is 1510 g/mol. The van der Waals surface area contributed by atoms with Crippen molar-refractivity contribution in [2.45, 2.75) is 0 Å². The molecule has 120 heavy (non-hydrogen) atoms. The number of rotatable bonds is 5. The van der Waals surface area contributed by atoms with Crippen LogP contribution in [0.25, 0.3) is 264 Å². The second-order valence-electron chi connectivity index (χ2n) is 32.4. The van der Waals surface area contributed by atoms with Crippen LogP contribution in [0.2, 0.25) is 0 Å². The topological polar surface area (TPSA) is 14.8 Å². The molecule has 6 heteroatoms. The fourth-order valence-electron chi connectivity index (χ4n) is 20.9. The van der Waals surface area contributed by atoms with Gasteiger partial charge in [-0.3, -0.25) is 0 Å². The van der Waals surface area contributed by atoms with Crippen LogP contribution in [0.1, 0.15) is 0 Å². The van der Waals surface area contributed by atoms with Gasteiger partial charge in [0.25, 0.3) is 0 Å². The highest BCUT2D eigenvalue weighted by Crippen LogP contribution is 2.54. The summed E-state index contributed by atoms with van der Waals surface area (Å²) < 4.78 is 15.4. The van der Waals surface area contributed by atoms with Gasteiger partial charge in [0.05, 0.1) is 33.1 Å². The summed E-state index contributed by atoms with van der Waals surface area (Å²) >= 11 is 5.65. The van der Waals surface area contributed by atoms with Crippen molar-refractivity contribution >= 4 is 192 Å². The summed E-state index contributed by atoms with van der Waals surface area (Å²) in [7, 11) is 0. The van der Waals surface area contributed by atoms with Crippen LogP contribution in [-0.4, -0.2) is 13.7 Å². The molecule has 0 saturated heterocycles. The van der Waals surface area contributed by atoms with E-state index in [1.54, 1.807) is 0 Å². The molecule has 0 aliphatic heterocycles. The van der Waals surface area contributed by atoms with Gasteiger partial charge in [-0.15, -0.1) is 34.0 Å². The molecule has 0 atom stereocenters. The number of thiophene rings is 3. The Balaban J connectivity index is 0.0000000955. The van der Waals surface area contributed by atoms with Crippen molar-refractivity contribution in [2.75, 3.05) is 0 Å². The molecule has 29 rings (SSSR count). The first kappa shape index (κ1) is 66.4. The zero-order chi connectivity index (χ0) is 78.1. The fraction of sp³-hybridized carbons (Fsp3) is 0. The minimum atomic E-state index is 1.18. The number of hydrogen-bond donors (Lipinski definition) is 0. The van der Waals surface area contributed by atoms with E-state index in [9.17, 15) is 0 Å². The van der Waals surface area contributed by atoms with Gasteiger partial charge >= 0.3 is 0 Å². The van der Waals surface area contributed by atoms with Gasteiger partial charge in [0.2, 0.25) is 0 Å².